The monoisotopic (exact) mass is 403 g/mol. The van der Waals surface area contributed by atoms with Crippen molar-refractivity contribution in [2.75, 3.05) is 0 Å². The molecule has 3 heteroatoms. The van der Waals surface area contributed by atoms with Gasteiger partial charge in [-0.25, -0.2) is 0 Å². The van der Waals surface area contributed by atoms with E-state index in [1.54, 1.807) is 13.8 Å². The number of fused-ring (bicyclic) bond motifs is 5. The van der Waals surface area contributed by atoms with Crippen LogP contribution >= 0.6 is 0 Å². The van der Waals surface area contributed by atoms with E-state index >= 15 is 0 Å². The van der Waals surface area contributed by atoms with Crippen LogP contribution in [0.25, 0.3) is 0 Å². The van der Waals surface area contributed by atoms with Gasteiger partial charge in [0.1, 0.15) is 0 Å². The molecule has 0 aromatic rings. The Morgan fingerprint density at radius 3 is 2.24 bits per heavy atom. The number of rotatable bonds is 2. The molecule has 9 atom stereocenters. The Morgan fingerprint density at radius 1 is 1.00 bits per heavy atom. The van der Waals surface area contributed by atoms with Crippen LogP contribution in [0.1, 0.15) is 92.9 Å². The molecule has 29 heavy (non-hydrogen) atoms. The molecule has 0 aromatic carbocycles. The summed E-state index contributed by atoms with van der Waals surface area (Å²) >= 11 is 0. The molecule has 166 valence electrons. The molecule has 0 heterocycles. The SMILES string of the molecule is C#CC1CCC2C3C(OC(C)(C)O)CC4CC(N)CCC4(C)C3CCC12C.CC. The Kier molecular flexibility index (Phi) is 6.51. The van der Waals surface area contributed by atoms with Crippen LogP contribution < -0.4 is 5.73 Å². The van der Waals surface area contributed by atoms with Gasteiger partial charge in [0.25, 0.3) is 0 Å². The quantitative estimate of drug-likeness (QED) is 0.482. The number of ether oxygens (including phenoxy) is 1. The lowest BCUT2D eigenvalue weighted by atomic mass is 9.44. The number of aliphatic hydroxyl groups is 1. The maximum Gasteiger partial charge on any atom is 0.160 e. The fourth-order valence-electron chi connectivity index (χ4n) is 8.00. The molecule has 0 spiro atoms. The zero-order chi connectivity index (χ0) is 21.6. The third kappa shape index (κ3) is 3.90. The van der Waals surface area contributed by atoms with Crippen molar-refractivity contribution in [2.24, 2.45) is 46.2 Å². The van der Waals surface area contributed by atoms with Crippen molar-refractivity contribution in [3.8, 4) is 12.3 Å². The van der Waals surface area contributed by atoms with Crippen molar-refractivity contribution in [3.63, 3.8) is 0 Å². The first kappa shape index (κ1) is 23.1. The Hall–Kier alpha value is -0.560. The van der Waals surface area contributed by atoms with Crippen LogP contribution in [0.2, 0.25) is 0 Å². The molecule has 9 unspecified atom stereocenters. The smallest absolute Gasteiger partial charge is 0.160 e. The van der Waals surface area contributed by atoms with E-state index in [-0.39, 0.29) is 11.5 Å². The average Bonchev–Trinajstić information content (AvgIpc) is 3.00. The second kappa shape index (κ2) is 8.18. The first-order valence-corrected chi connectivity index (χ1v) is 12.2. The van der Waals surface area contributed by atoms with Crippen LogP contribution in [0, 0.1) is 52.8 Å². The molecule has 3 nitrogen and oxygen atoms in total. The van der Waals surface area contributed by atoms with E-state index in [9.17, 15) is 5.11 Å². The Bertz CT molecular complexity index is 619. The zero-order valence-corrected chi connectivity index (χ0v) is 19.7. The van der Waals surface area contributed by atoms with E-state index < -0.39 is 5.79 Å². The standard InChI is InChI=1S/C24H39NO2.C2H6/c1-6-15-7-8-18-21-19(10-12-23(15,18)4)24(5)11-9-17(25)13-16(24)14-20(21)27-22(2,3)26;1-2/h1,15-21,26H,7-14,25H2,2-5H3;1-2H3. The van der Waals surface area contributed by atoms with Crippen molar-refractivity contribution >= 4 is 0 Å². The number of hydrogen-bond donors (Lipinski definition) is 2. The van der Waals surface area contributed by atoms with Crippen LogP contribution in [0.4, 0.5) is 0 Å². The van der Waals surface area contributed by atoms with Crippen molar-refractivity contribution in [3.05, 3.63) is 0 Å². The van der Waals surface area contributed by atoms with Crippen LogP contribution in [0.5, 0.6) is 0 Å². The average molecular weight is 404 g/mol. The highest BCUT2D eigenvalue weighted by Gasteiger charge is 2.63. The summed E-state index contributed by atoms with van der Waals surface area (Å²) in [7, 11) is 0. The summed E-state index contributed by atoms with van der Waals surface area (Å²) < 4.78 is 6.36. The summed E-state index contributed by atoms with van der Waals surface area (Å²) in [5.41, 5.74) is 6.98. The Balaban J connectivity index is 0.00000117. The van der Waals surface area contributed by atoms with Gasteiger partial charge in [0.15, 0.2) is 5.79 Å². The van der Waals surface area contributed by atoms with Gasteiger partial charge in [0.05, 0.1) is 6.10 Å². The van der Waals surface area contributed by atoms with Crippen LogP contribution in [0.15, 0.2) is 0 Å². The van der Waals surface area contributed by atoms with E-state index in [0.717, 1.165) is 25.7 Å². The van der Waals surface area contributed by atoms with Crippen molar-refractivity contribution in [1.29, 1.82) is 0 Å². The highest BCUT2D eigenvalue weighted by Crippen LogP contribution is 2.67. The molecule has 0 radical (unpaired) electrons. The van der Waals surface area contributed by atoms with Gasteiger partial charge in [0.2, 0.25) is 0 Å². The lowest BCUT2D eigenvalue weighted by Crippen LogP contribution is -2.60. The molecule has 0 amide bonds. The van der Waals surface area contributed by atoms with Crippen LogP contribution in [0.3, 0.4) is 0 Å². The predicted octanol–water partition coefficient (Wildman–Crippen LogP) is 5.36. The molecule has 4 fully saturated rings. The molecule has 4 aliphatic rings. The largest absolute Gasteiger partial charge is 0.366 e. The topological polar surface area (TPSA) is 55.5 Å². The lowest BCUT2D eigenvalue weighted by Gasteiger charge is -2.63. The van der Waals surface area contributed by atoms with Gasteiger partial charge in [-0.05, 0) is 99.7 Å². The molecule has 4 aliphatic carbocycles. The molecule has 0 aromatic heterocycles. The van der Waals surface area contributed by atoms with Gasteiger partial charge in [-0.2, -0.15) is 0 Å². The summed E-state index contributed by atoms with van der Waals surface area (Å²) in [6.45, 7) is 12.5. The summed E-state index contributed by atoms with van der Waals surface area (Å²) in [6.07, 6.45) is 15.5. The number of hydrogen-bond acceptors (Lipinski definition) is 3. The summed E-state index contributed by atoms with van der Waals surface area (Å²) in [4.78, 5) is 0. The third-order valence-electron chi connectivity index (χ3n) is 9.34. The van der Waals surface area contributed by atoms with Gasteiger partial charge in [0, 0.05) is 12.0 Å². The molecular weight excluding hydrogens is 358 g/mol. The van der Waals surface area contributed by atoms with Gasteiger partial charge >= 0.3 is 0 Å². The van der Waals surface area contributed by atoms with Crippen molar-refractivity contribution in [2.45, 2.75) is 111 Å². The minimum absolute atomic E-state index is 0.125. The van der Waals surface area contributed by atoms with Gasteiger partial charge in [-0.3, -0.25) is 0 Å². The minimum atomic E-state index is -1.09. The molecule has 4 rings (SSSR count). The van der Waals surface area contributed by atoms with Gasteiger partial charge in [-0.15, -0.1) is 12.3 Å². The molecule has 3 N–H and O–H groups in total. The summed E-state index contributed by atoms with van der Waals surface area (Å²) in [6, 6.07) is 0.327. The minimum Gasteiger partial charge on any atom is -0.366 e. The fraction of sp³-hybridized carbons (Fsp3) is 0.923. The van der Waals surface area contributed by atoms with E-state index in [0.29, 0.717) is 41.0 Å². The zero-order valence-electron chi connectivity index (χ0n) is 19.7. The van der Waals surface area contributed by atoms with E-state index in [1.165, 1.54) is 25.7 Å². The highest BCUT2D eigenvalue weighted by molar-refractivity contribution is 5.16. The third-order valence-corrected chi connectivity index (χ3v) is 9.34. The number of terminal acetylenes is 1. The van der Waals surface area contributed by atoms with Crippen LogP contribution in [-0.2, 0) is 4.74 Å². The summed E-state index contributed by atoms with van der Waals surface area (Å²) in [5.74, 6) is 4.87. The first-order valence-electron chi connectivity index (χ1n) is 12.2. The molecule has 0 bridgehead atoms. The second-order valence-electron chi connectivity index (χ2n) is 11.2. The van der Waals surface area contributed by atoms with Gasteiger partial charge in [-0.1, -0.05) is 27.7 Å². The van der Waals surface area contributed by atoms with Crippen LogP contribution in [-0.4, -0.2) is 23.0 Å². The summed E-state index contributed by atoms with van der Waals surface area (Å²) in [5, 5.41) is 10.5. The van der Waals surface area contributed by atoms with Gasteiger partial charge < -0.3 is 15.6 Å². The van der Waals surface area contributed by atoms with E-state index in [2.05, 4.69) is 19.8 Å². The number of nitrogens with two attached hydrogens (primary N) is 1. The predicted molar refractivity (Wildman–Crippen MR) is 120 cm³/mol. The lowest BCUT2D eigenvalue weighted by molar-refractivity contribution is -0.263. The highest BCUT2D eigenvalue weighted by atomic mass is 16.6. The Morgan fingerprint density at radius 2 is 1.62 bits per heavy atom. The fourth-order valence-corrected chi connectivity index (χ4v) is 8.00. The Labute approximate surface area is 179 Å². The molecule has 0 aliphatic heterocycles. The normalized spacial score (nSPS) is 49.0. The molecule has 0 saturated heterocycles. The maximum atomic E-state index is 10.5. The van der Waals surface area contributed by atoms with Crippen molar-refractivity contribution < 1.29 is 9.84 Å². The maximum absolute atomic E-state index is 10.5. The molecule has 4 saturated carbocycles. The second-order valence-corrected chi connectivity index (χ2v) is 11.2. The first-order chi connectivity index (χ1) is 13.6. The van der Waals surface area contributed by atoms with E-state index in [1.807, 2.05) is 13.8 Å². The van der Waals surface area contributed by atoms with E-state index in [4.69, 9.17) is 16.9 Å². The molecular formula is C26H45NO2. The van der Waals surface area contributed by atoms with Crippen molar-refractivity contribution in [1.82, 2.24) is 0 Å².